The van der Waals surface area contributed by atoms with Crippen LogP contribution in [0.1, 0.15) is 37.3 Å². The predicted octanol–water partition coefficient (Wildman–Crippen LogP) is 3.67. The fraction of sp³-hybridized carbons (Fsp3) is 0.600. The van der Waals surface area contributed by atoms with Crippen molar-refractivity contribution in [3.8, 4) is 11.5 Å². The molecule has 2 aliphatic rings. The van der Waals surface area contributed by atoms with E-state index in [-0.39, 0.29) is 0 Å². The molecule has 3 rings (SSSR count). The summed E-state index contributed by atoms with van der Waals surface area (Å²) in [7, 11) is 1.71. The first kappa shape index (κ1) is 13.3. The van der Waals surface area contributed by atoms with Crippen LogP contribution in [0.4, 0.5) is 0 Å². The Morgan fingerprint density at radius 1 is 1.32 bits per heavy atom. The maximum absolute atomic E-state index is 5.91. The van der Waals surface area contributed by atoms with Crippen LogP contribution < -0.4 is 14.8 Å². The van der Waals surface area contributed by atoms with Crippen LogP contribution in [-0.2, 0) is 0 Å². The van der Waals surface area contributed by atoms with E-state index in [4.69, 9.17) is 9.47 Å². The van der Waals surface area contributed by atoms with Crippen LogP contribution >= 0.6 is 15.9 Å². The Kier molecular flexibility index (Phi) is 3.99. The molecule has 0 amide bonds. The Morgan fingerprint density at radius 2 is 2.16 bits per heavy atom. The third-order valence-corrected chi connectivity index (χ3v) is 4.46. The van der Waals surface area contributed by atoms with Crippen molar-refractivity contribution in [1.29, 1.82) is 0 Å². The molecular formula is C15H20BrNO2. The summed E-state index contributed by atoms with van der Waals surface area (Å²) in [4.78, 5) is 0. The van der Waals surface area contributed by atoms with Crippen molar-refractivity contribution in [1.82, 2.24) is 5.32 Å². The van der Waals surface area contributed by atoms with E-state index in [1.165, 1.54) is 31.2 Å². The average molecular weight is 326 g/mol. The van der Waals surface area contributed by atoms with Gasteiger partial charge in [0.1, 0.15) is 0 Å². The van der Waals surface area contributed by atoms with E-state index in [1.807, 2.05) is 0 Å². The van der Waals surface area contributed by atoms with E-state index in [2.05, 4.69) is 33.4 Å². The number of hydrogen-bond donors (Lipinski definition) is 1. The van der Waals surface area contributed by atoms with Crippen molar-refractivity contribution in [2.24, 2.45) is 5.92 Å². The average Bonchev–Trinajstić information content (AvgIpc) is 3.08. The second-order valence-corrected chi connectivity index (χ2v) is 6.29. The van der Waals surface area contributed by atoms with Crippen LogP contribution in [0.5, 0.6) is 11.5 Å². The Morgan fingerprint density at radius 3 is 2.79 bits per heavy atom. The SMILES string of the molecule is COc1cc(C2CCCN2)cc(Br)c1OCC1CC1. The van der Waals surface area contributed by atoms with Gasteiger partial charge in [-0.1, -0.05) is 0 Å². The number of nitrogens with one attached hydrogen (secondary N) is 1. The molecule has 1 aromatic rings. The smallest absolute Gasteiger partial charge is 0.175 e. The number of methoxy groups -OCH3 is 1. The van der Waals surface area contributed by atoms with Gasteiger partial charge in [-0.2, -0.15) is 0 Å². The van der Waals surface area contributed by atoms with Crippen LogP contribution in [0.15, 0.2) is 16.6 Å². The first-order chi connectivity index (χ1) is 9.28. The first-order valence-electron chi connectivity index (χ1n) is 7.01. The summed E-state index contributed by atoms with van der Waals surface area (Å²) in [6.45, 7) is 1.90. The minimum Gasteiger partial charge on any atom is -0.493 e. The zero-order valence-electron chi connectivity index (χ0n) is 11.2. The minimum atomic E-state index is 0.447. The second-order valence-electron chi connectivity index (χ2n) is 5.44. The van der Waals surface area contributed by atoms with Crippen molar-refractivity contribution < 1.29 is 9.47 Å². The van der Waals surface area contributed by atoms with Crippen LogP contribution in [0, 0.1) is 5.92 Å². The third-order valence-electron chi connectivity index (χ3n) is 3.87. The van der Waals surface area contributed by atoms with E-state index in [1.54, 1.807) is 7.11 Å². The predicted molar refractivity (Wildman–Crippen MR) is 78.9 cm³/mol. The van der Waals surface area contributed by atoms with Crippen LogP contribution in [-0.4, -0.2) is 20.3 Å². The molecule has 1 atom stereocenters. The summed E-state index contributed by atoms with van der Waals surface area (Å²) >= 11 is 3.62. The molecular weight excluding hydrogens is 306 g/mol. The highest BCUT2D eigenvalue weighted by atomic mass is 79.9. The summed E-state index contributed by atoms with van der Waals surface area (Å²) in [6.07, 6.45) is 5.02. The quantitative estimate of drug-likeness (QED) is 0.895. The molecule has 1 saturated carbocycles. The molecule has 0 radical (unpaired) electrons. The van der Waals surface area contributed by atoms with Gasteiger partial charge in [0.25, 0.3) is 0 Å². The molecule has 1 aliphatic heterocycles. The maximum atomic E-state index is 5.91. The lowest BCUT2D eigenvalue weighted by Gasteiger charge is -2.17. The third kappa shape index (κ3) is 3.06. The fourth-order valence-corrected chi connectivity index (χ4v) is 3.11. The van der Waals surface area contributed by atoms with Gasteiger partial charge in [-0.25, -0.2) is 0 Å². The van der Waals surface area contributed by atoms with Crippen molar-refractivity contribution in [2.75, 3.05) is 20.3 Å². The zero-order chi connectivity index (χ0) is 13.2. The molecule has 0 spiro atoms. The molecule has 1 aliphatic carbocycles. The van der Waals surface area contributed by atoms with Gasteiger partial charge in [0.2, 0.25) is 0 Å². The van der Waals surface area contributed by atoms with E-state index in [0.29, 0.717) is 6.04 Å². The van der Waals surface area contributed by atoms with Gasteiger partial charge < -0.3 is 14.8 Å². The lowest BCUT2D eigenvalue weighted by atomic mass is 10.0. The molecule has 1 N–H and O–H groups in total. The van der Waals surface area contributed by atoms with Gasteiger partial charge >= 0.3 is 0 Å². The molecule has 104 valence electrons. The first-order valence-corrected chi connectivity index (χ1v) is 7.81. The van der Waals surface area contributed by atoms with Gasteiger partial charge in [-0.3, -0.25) is 0 Å². The fourth-order valence-electron chi connectivity index (χ4n) is 2.54. The molecule has 3 nitrogen and oxygen atoms in total. The highest BCUT2D eigenvalue weighted by molar-refractivity contribution is 9.10. The van der Waals surface area contributed by atoms with E-state index >= 15 is 0 Å². The summed E-state index contributed by atoms with van der Waals surface area (Å²) in [6, 6.07) is 4.71. The number of ether oxygens (including phenoxy) is 2. The lowest BCUT2D eigenvalue weighted by Crippen LogP contribution is -2.13. The van der Waals surface area contributed by atoms with Gasteiger partial charge in [-0.05, 0) is 71.8 Å². The molecule has 1 unspecified atom stereocenters. The van der Waals surface area contributed by atoms with Gasteiger partial charge in [0, 0.05) is 6.04 Å². The monoisotopic (exact) mass is 325 g/mol. The number of halogens is 1. The van der Waals surface area contributed by atoms with Crippen molar-refractivity contribution in [3.63, 3.8) is 0 Å². The Hall–Kier alpha value is -0.740. The molecule has 1 aromatic carbocycles. The zero-order valence-corrected chi connectivity index (χ0v) is 12.8. The molecule has 2 fully saturated rings. The summed E-state index contributed by atoms with van der Waals surface area (Å²) in [5.74, 6) is 2.42. The Bertz CT molecular complexity index is 454. The molecule has 1 saturated heterocycles. The summed E-state index contributed by atoms with van der Waals surface area (Å²) < 4.78 is 12.4. The summed E-state index contributed by atoms with van der Waals surface area (Å²) in [5, 5.41) is 3.51. The molecule has 0 bridgehead atoms. The van der Waals surface area contributed by atoms with E-state index in [0.717, 1.165) is 35.0 Å². The van der Waals surface area contributed by atoms with Crippen LogP contribution in [0.2, 0.25) is 0 Å². The molecule has 4 heteroatoms. The minimum absolute atomic E-state index is 0.447. The van der Waals surface area contributed by atoms with E-state index in [9.17, 15) is 0 Å². The highest BCUT2D eigenvalue weighted by Gasteiger charge is 2.24. The highest BCUT2D eigenvalue weighted by Crippen LogP contribution is 2.40. The van der Waals surface area contributed by atoms with Crippen LogP contribution in [0.25, 0.3) is 0 Å². The van der Waals surface area contributed by atoms with Crippen molar-refractivity contribution >= 4 is 15.9 Å². The Labute approximate surface area is 122 Å². The largest absolute Gasteiger partial charge is 0.493 e. The van der Waals surface area contributed by atoms with Crippen LogP contribution in [0.3, 0.4) is 0 Å². The summed E-state index contributed by atoms with van der Waals surface area (Å²) in [5.41, 5.74) is 1.28. The molecule has 1 heterocycles. The van der Waals surface area contributed by atoms with Gasteiger partial charge in [0.05, 0.1) is 18.2 Å². The topological polar surface area (TPSA) is 30.5 Å². The number of hydrogen-bond acceptors (Lipinski definition) is 3. The van der Waals surface area contributed by atoms with Gasteiger partial charge in [-0.15, -0.1) is 0 Å². The maximum Gasteiger partial charge on any atom is 0.175 e. The lowest BCUT2D eigenvalue weighted by molar-refractivity contribution is 0.278. The number of rotatable bonds is 5. The molecule has 0 aromatic heterocycles. The molecule has 19 heavy (non-hydrogen) atoms. The second kappa shape index (κ2) is 5.71. The normalized spacial score (nSPS) is 22.5. The van der Waals surface area contributed by atoms with E-state index < -0.39 is 0 Å². The number of benzene rings is 1. The Balaban J connectivity index is 1.82. The van der Waals surface area contributed by atoms with Gasteiger partial charge in [0.15, 0.2) is 11.5 Å². The van der Waals surface area contributed by atoms with Crippen molar-refractivity contribution in [3.05, 3.63) is 22.2 Å². The standard InChI is InChI=1S/C15H20BrNO2/c1-18-14-8-11(13-3-2-6-17-13)7-12(16)15(14)19-9-10-4-5-10/h7-8,10,13,17H,2-6,9H2,1H3. The van der Waals surface area contributed by atoms with Crippen molar-refractivity contribution in [2.45, 2.75) is 31.7 Å².